The Bertz CT molecular complexity index is 339. The van der Waals surface area contributed by atoms with Gasteiger partial charge in [0.25, 0.3) is 0 Å². The minimum absolute atomic E-state index is 0.252. The second kappa shape index (κ2) is 5.12. The Morgan fingerprint density at radius 3 is 2.79 bits per heavy atom. The van der Waals surface area contributed by atoms with Crippen LogP contribution in [0.15, 0.2) is 22.7 Å². The third-order valence-corrected chi connectivity index (χ3v) is 2.44. The van der Waals surface area contributed by atoms with Crippen LogP contribution in [0.2, 0.25) is 0 Å². The Kier molecular flexibility index (Phi) is 4.10. The summed E-state index contributed by atoms with van der Waals surface area (Å²) in [6, 6.07) is 5.70. The van der Waals surface area contributed by atoms with Crippen molar-refractivity contribution in [2.24, 2.45) is 5.73 Å². The number of halogens is 1. The number of benzene rings is 1. The molecule has 2 N–H and O–H groups in total. The van der Waals surface area contributed by atoms with E-state index < -0.39 is 0 Å². The third-order valence-electron chi connectivity index (χ3n) is 1.95. The van der Waals surface area contributed by atoms with Crippen molar-refractivity contribution >= 4 is 21.9 Å². The smallest absolute Gasteiger partial charge is 0.309 e. The summed E-state index contributed by atoms with van der Waals surface area (Å²) in [7, 11) is 1.38. The average molecular weight is 258 g/mol. The van der Waals surface area contributed by atoms with Gasteiger partial charge in [-0.3, -0.25) is 4.79 Å². The van der Waals surface area contributed by atoms with Crippen LogP contribution >= 0.6 is 15.9 Å². The van der Waals surface area contributed by atoms with Crippen LogP contribution in [-0.4, -0.2) is 13.1 Å². The molecule has 0 aliphatic heterocycles. The van der Waals surface area contributed by atoms with Crippen molar-refractivity contribution in [2.75, 3.05) is 7.11 Å². The molecule has 0 unspecified atom stereocenters. The van der Waals surface area contributed by atoms with Gasteiger partial charge in [0.1, 0.15) is 0 Å². The van der Waals surface area contributed by atoms with E-state index in [0.717, 1.165) is 15.6 Å². The highest BCUT2D eigenvalue weighted by molar-refractivity contribution is 9.10. The van der Waals surface area contributed by atoms with Crippen LogP contribution in [0, 0.1) is 0 Å². The van der Waals surface area contributed by atoms with Gasteiger partial charge >= 0.3 is 5.97 Å². The fraction of sp³-hybridized carbons (Fsp3) is 0.300. The van der Waals surface area contributed by atoms with Gasteiger partial charge in [0, 0.05) is 11.0 Å². The molecule has 14 heavy (non-hydrogen) atoms. The number of rotatable bonds is 3. The summed E-state index contributed by atoms with van der Waals surface area (Å²) in [5.74, 6) is -0.252. The van der Waals surface area contributed by atoms with Crippen LogP contribution in [0.5, 0.6) is 0 Å². The largest absolute Gasteiger partial charge is 0.469 e. The quantitative estimate of drug-likeness (QED) is 0.838. The summed E-state index contributed by atoms with van der Waals surface area (Å²) < 4.78 is 5.54. The molecule has 0 bridgehead atoms. The number of hydrogen-bond acceptors (Lipinski definition) is 3. The van der Waals surface area contributed by atoms with E-state index in [1.807, 2.05) is 18.2 Å². The molecular weight excluding hydrogens is 246 g/mol. The molecule has 0 aliphatic rings. The standard InChI is InChI=1S/C10H12BrNO2/c1-14-10(13)5-8-4-9(11)3-2-7(8)6-12/h2-4H,5-6,12H2,1H3. The Morgan fingerprint density at radius 2 is 2.21 bits per heavy atom. The second-order valence-corrected chi connectivity index (χ2v) is 3.79. The minimum Gasteiger partial charge on any atom is -0.469 e. The first kappa shape index (κ1) is 11.2. The van der Waals surface area contributed by atoms with E-state index in [2.05, 4.69) is 20.7 Å². The van der Waals surface area contributed by atoms with Crippen molar-refractivity contribution in [1.29, 1.82) is 0 Å². The maximum Gasteiger partial charge on any atom is 0.309 e. The molecule has 0 radical (unpaired) electrons. The van der Waals surface area contributed by atoms with Crippen LogP contribution in [0.1, 0.15) is 11.1 Å². The van der Waals surface area contributed by atoms with Crippen LogP contribution in [0.3, 0.4) is 0 Å². The Labute approximate surface area is 91.4 Å². The second-order valence-electron chi connectivity index (χ2n) is 2.87. The van der Waals surface area contributed by atoms with Gasteiger partial charge in [-0.2, -0.15) is 0 Å². The van der Waals surface area contributed by atoms with Gasteiger partial charge in [-0.25, -0.2) is 0 Å². The first-order chi connectivity index (χ1) is 6.67. The predicted molar refractivity (Wildman–Crippen MR) is 57.8 cm³/mol. The molecular formula is C10H12BrNO2. The summed E-state index contributed by atoms with van der Waals surface area (Å²) in [6.45, 7) is 0.430. The van der Waals surface area contributed by atoms with Crippen LogP contribution in [0.4, 0.5) is 0 Å². The van der Waals surface area contributed by atoms with Gasteiger partial charge in [-0.1, -0.05) is 22.0 Å². The van der Waals surface area contributed by atoms with Crippen molar-refractivity contribution in [3.8, 4) is 0 Å². The van der Waals surface area contributed by atoms with E-state index in [-0.39, 0.29) is 12.4 Å². The molecule has 0 spiro atoms. The van der Waals surface area contributed by atoms with E-state index in [4.69, 9.17) is 5.73 Å². The van der Waals surface area contributed by atoms with Crippen molar-refractivity contribution in [3.63, 3.8) is 0 Å². The van der Waals surface area contributed by atoms with Crippen molar-refractivity contribution in [2.45, 2.75) is 13.0 Å². The van der Waals surface area contributed by atoms with E-state index in [1.165, 1.54) is 7.11 Å². The van der Waals surface area contributed by atoms with Gasteiger partial charge in [-0.05, 0) is 23.3 Å². The summed E-state index contributed by atoms with van der Waals surface area (Å²) in [4.78, 5) is 11.1. The zero-order valence-electron chi connectivity index (χ0n) is 7.92. The number of methoxy groups -OCH3 is 1. The monoisotopic (exact) mass is 257 g/mol. The summed E-state index contributed by atoms with van der Waals surface area (Å²) in [5.41, 5.74) is 7.43. The highest BCUT2D eigenvalue weighted by Gasteiger charge is 2.07. The van der Waals surface area contributed by atoms with E-state index >= 15 is 0 Å². The number of carbonyl (C=O) groups is 1. The first-order valence-corrected chi connectivity index (χ1v) is 5.01. The Balaban J connectivity index is 2.93. The molecule has 0 aliphatic carbocycles. The Hall–Kier alpha value is -0.870. The molecule has 1 aromatic carbocycles. The number of carbonyl (C=O) groups excluding carboxylic acids is 1. The van der Waals surface area contributed by atoms with Gasteiger partial charge in [0.05, 0.1) is 13.5 Å². The Morgan fingerprint density at radius 1 is 1.50 bits per heavy atom. The lowest BCUT2D eigenvalue weighted by Crippen LogP contribution is -2.09. The van der Waals surface area contributed by atoms with Crippen molar-refractivity contribution in [3.05, 3.63) is 33.8 Å². The van der Waals surface area contributed by atoms with Crippen LogP contribution < -0.4 is 5.73 Å². The fourth-order valence-electron chi connectivity index (χ4n) is 1.19. The van der Waals surface area contributed by atoms with Gasteiger partial charge < -0.3 is 10.5 Å². The van der Waals surface area contributed by atoms with Crippen LogP contribution in [0.25, 0.3) is 0 Å². The summed E-state index contributed by atoms with van der Waals surface area (Å²) in [6.07, 6.45) is 0.266. The molecule has 0 heterocycles. The highest BCUT2D eigenvalue weighted by Crippen LogP contribution is 2.17. The number of ether oxygens (including phenoxy) is 1. The average Bonchev–Trinajstić information content (AvgIpc) is 2.18. The molecule has 0 fully saturated rings. The molecule has 4 heteroatoms. The predicted octanol–water partition coefficient (Wildman–Crippen LogP) is 1.62. The molecule has 0 aromatic heterocycles. The summed E-state index contributed by atoms with van der Waals surface area (Å²) in [5, 5.41) is 0. The molecule has 0 saturated heterocycles. The van der Waals surface area contributed by atoms with Crippen molar-refractivity contribution < 1.29 is 9.53 Å². The normalized spacial score (nSPS) is 9.93. The zero-order chi connectivity index (χ0) is 10.6. The maximum absolute atomic E-state index is 11.1. The fourth-order valence-corrected chi connectivity index (χ4v) is 1.59. The highest BCUT2D eigenvalue weighted by atomic mass is 79.9. The lowest BCUT2D eigenvalue weighted by atomic mass is 10.1. The molecule has 1 rings (SSSR count). The molecule has 76 valence electrons. The van der Waals surface area contributed by atoms with E-state index in [0.29, 0.717) is 6.54 Å². The number of esters is 1. The van der Waals surface area contributed by atoms with E-state index in [9.17, 15) is 4.79 Å². The molecule has 3 nitrogen and oxygen atoms in total. The van der Waals surface area contributed by atoms with Crippen LogP contribution in [-0.2, 0) is 22.5 Å². The summed E-state index contributed by atoms with van der Waals surface area (Å²) >= 11 is 3.34. The van der Waals surface area contributed by atoms with Gasteiger partial charge in [-0.15, -0.1) is 0 Å². The van der Waals surface area contributed by atoms with Gasteiger partial charge in [0.15, 0.2) is 0 Å². The SMILES string of the molecule is COC(=O)Cc1cc(Br)ccc1CN. The molecule has 0 atom stereocenters. The molecule has 0 saturated carbocycles. The number of nitrogens with two attached hydrogens (primary N) is 1. The topological polar surface area (TPSA) is 52.3 Å². The van der Waals surface area contributed by atoms with Crippen molar-refractivity contribution in [1.82, 2.24) is 0 Å². The minimum atomic E-state index is -0.252. The third kappa shape index (κ3) is 2.82. The first-order valence-electron chi connectivity index (χ1n) is 4.21. The molecule has 1 aromatic rings. The lowest BCUT2D eigenvalue weighted by Gasteiger charge is -2.06. The zero-order valence-corrected chi connectivity index (χ0v) is 9.50. The molecule has 0 amide bonds. The number of hydrogen-bond donors (Lipinski definition) is 1. The van der Waals surface area contributed by atoms with Gasteiger partial charge in [0.2, 0.25) is 0 Å². The lowest BCUT2D eigenvalue weighted by molar-refractivity contribution is -0.139. The maximum atomic E-state index is 11.1. The van der Waals surface area contributed by atoms with E-state index in [1.54, 1.807) is 0 Å².